The summed E-state index contributed by atoms with van der Waals surface area (Å²) in [5.41, 5.74) is 1.69. The molecule has 0 spiro atoms. The van der Waals surface area contributed by atoms with Gasteiger partial charge in [-0.15, -0.1) is 0 Å². The summed E-state index contributed by atoms with van der Waals surface area (Å²) in [4.78, 5) is 0. The average molecular weight is 251 g/mol. The van der Waals surface area contributed by atoms with Gasteiger partial charge in [0.25, 0.3) is 0 Å². The highest BCUT2D eigenvalue weighted by atomic mass is 16.3. The molecule has 0 saturated carbocycles. The van der Waals surface area contributed by atoms with Gasteiger partial charge in [-0.25, -0.2) is 0 Å². The molecule has 1 aromatic rings. The summed E-state index contributed by atoms with van der Waals surface area (Å²) in [6.07, 6.45) is 7.25. The highest BCUT2D eigenvalue weighted by Gasteiger charge is 2.20. The van der Waals surface area contributed by atoms with Crippen molar-refractivity contribution in [3.63, 3.8) is 0 Å². The number of furan rings is 1. The van der Waals surface area contributed by atoms with Crippen LogP contribution in [0.3, 0.4) is 0 Å². The van der Waals surface area contributed by atoms with Crippen molar-refractivity contribution in [3.05, 3.63) is 24.2 Å². The molecule has 0 aliphatic rings. The van der Waals surface area contributed by atoms with E-state index in [-0.39, 0.29) is 0 Å². The van der Waals surface area contributed by atoms with Crippen molar-refractivity contribution >= 4 is 0 Å². The van der Waals surface area contributed by atoms with Crippen LogP contribution in [-0.4, -0.2) is 6.54 Å². The first-order valence-corrected chi connectivity index (χ1v) is 7.18. The van der Waals surface area contributed by atoms with E-state index in [2.05, 4.69) is 46.0 Å². The molecule has 0 bridgehead atoms. The molecule has 0 aliphatic carbocycles. The molecule has 1 rings (SSSR count). The molecule has 104 valence electrons. The standard InChI is InChI=1S/C16H29NO/c1-6-8-17-15(14-7-9-18-12-14)10-13(2)11-16(3,4)5/h7,9,12-13,15,17H,6,8,10-11H2,1-5H3. The van der Waals surface area contributed by atoms with Gasteiger partial charge in [0, 0.05) is 11.6 Å². The van der Waals surface area contributed by atoms with E-state index in [1.807, 2.05) is 6.26 Å². The molecule has 0 saturated heterocycles. The van der Waals surface area contributed by atoms with Gasteiger partial charge in [-0.05, 0) is 43.2 Å². The van der Waals surface area contributed by atoms with E-state index in [0.717, 1.165) is 6.54 Å². The minimum Gasteiger partial charge on any atom is -0.472 e. The van der Waals surface area contributed by atoms with Crippen molar-refractivity contribution in [2.45, 2.75) is 59.9 Å². The van der Waals surface area contributed by atoms with E-state index in [1.54, 1.807) is 6.26 Å². The lowest BCUT2D eigenvalue weighted by molar-refractivity contribution is 0.275. The second-order valence-electron chi connectivity index (χ2n) is 6.67. The Morgan fingerprint density at radius 3 is 2.56 bits per heavy atom. The first-order chi connectivity index (χ1) is 8.42. The van der Waals surface area contributed by atoms with Crippen LogP contribution in [0.15, 0.2) is 23.0 Å². The number of rotatable bonds is 7. The summed E-state index contributed by atoms with van der Waals surface area (Å²) in [5, 5.41) is 3.63. The van der Waals surface area contributed by atoms with Crippen LogP contribution in [0.1, 0.15) is 65.5 Å². The Morgan fingerprint density at radius 2 is 2.06 bits per heavy atom. The molecule has 1 aromatic heterocycles. The molecule has 2 heteroatoms. The number of hydrogen-bond acceptors (Lipinski definition) is 2. The molecule has 2 atom stereocenters. The molecule has 0 aliphatic heterocycles. The van der Waals surface area contributed by atoms with E-state index >= 15 is 0 Å². The van der Waals surface area contributed by atoms with Crippen LogP contribution in [0.4, 0.5) is 0 Å². The smallest absolute Gasteiger partial charge is 0.0950 e. The molecule has 0 radical (unpaired) electrons. The van der Waals surface area contributed by atoms with E-state index in [1.165, 1.54) is 24.8 Å². The van der Waals surface area contributed by atoms with Crippen molar-refractivity contribution in [2.75, 3.05) is 6.54 Å². The first-order valence-electron chi connectivity index (χ1n) is 7.18. The van der Waals surface area contributed by atoms with Crippen LogP contribution < -0.4 is 5.32 Å². The van der Waals surface area contributed by atoms with Crippen LogP contribution in [-0.2, 0) is 0 Å². The fourth-order valence-corrected chi connectivity index (χ4v) is 2.66. The van der Waals surface area contributed by atoms with Gasteiger partial charge < -0.3 is 9.73 Å². The average Bonchev–Trinajstić information content (AvgIpc) is 2.74. The summed E-state index contributed by atoms with van der Waals surface area (Å²) in [6, 6.07) is 2.51. The predicted octanol–water partition coefficient (Wildman–Crippen LogP) is 4.78. The van der Waals surface area contributed by atoms with Gasteiger partial charge in [-0.1, -0.05) is 34.6 Å². The molecule has 2 nitrogen and oxygen atoms in total. The van der Waals surface area contributed by atoms with Crippen LogP contribution in [0.25, 0.3) is 0 Å². The summed E-state index contributed by atoms with van der Waals surface area (Å²) in [7, 11) is 0. The third-order valence-corrected chi connectivity index (χ3v) is 3.19. The number of nitrogens with one attached hydrogen (secondary N) is 1. The summed E-state index contributed by atoms with van der Waals surface area (Å²) >= 11 is 0. The predicted molar refractivity (Wildman–Crippen MR) is 77.6 cm³/mol. The lowest BCUT2D eigenvalue weighted by Crippen LogP contribution is -2.25. The van der Waals surface area contributed by atoms with Crippen LogP contribution in [0, 0.1) is 11.3 Å². The summed E-state index contributed by atoms with van der Waals surface area (Å²) in [5.74, 6) is 0.717. The second kappa shape index (κ2) is 6.98. The highest BCUT2D eigenvalue weighted by Crippen LogP contribution is 2.30. The topological polar surface area (TPSA) is 25.2 Å². The molecule has 1 N–H and O–H groups in total. The molecule has 2 unspecified atom stereocenters. The number of hydrogen-bond donors (Lipinski definition) is 1. The molecule has 18 heavy (non-hydrogen) atoms. The molecular formula is C16H29NO. The SMILES string of the molecule is CCCNC(CC(C)CC(C)(C)C)c1ccoc1. The lowest BCUT2D eigenvalue weighted by atomic mass is 9.82. The third-order valence-electron chi connectivity index (χ3n) is 3.19. The minimum atomic E-state index is 0.408. The highest BCUT2D eigenvalue weighted by molar-refractivity contribution is 5.11. The van der Waals surface area contributed by atoms with Crippen molar-refractivity contribution < 1.29 is 4.42 Å². The Balaban J connectivity index is 2.56. The van der Waals surface area contributed by atoms with Crippen molar-refractivity contribution in [1.82, 2.24) is 5.32 Å². The molecule has 0 amide bonds. The normalized spacial score (nSPS) is 15.6. The zero-order chi connectivity index (χ0) is 13.6. The third kappa shape index (κ3) is 5.72. The molecule has 1 heterocycles. The minimum absolute atomic E-state index is 0.408. The fourth-order valence-electron chi connectivity index (χ4n) is 2.66. The van der Waals surface area contributed by atoms with Crippen molar-refractivity contribution in [1.29, 1.82) is 0 Å². The van der Waals surface area contributed by atoms with Gasteiger partial charge in [0.1, 0.15) is 0 Å². The Kier molecular flexibility index (Phi) is 5.94. The summed E-state index contributed by atoms with van der Waals surface area (Å²) in [6.45, 7) is 12.6. The molecular weight excluding hydrogens is 222 g/mol. The van der Waals surface area contributed by atoms with Gasteiger partial charge >= 0.3 is 0 Å². The van der Waals surface area contributed by atoms with E-state index in [9.17, 15) is 0 Å². The Hall–Kier alpha value is -0.760. The first kappa shape index (κ1) is 15.3. The summed E-state index contributed by atoms with van der Waals surface area (Å²) < 4.78 is 5.22. The maximum atomic E-state index is 5.22. The lowest BCUT2D eigenvalue weighted by Gasteiger charge is -2.27. The van der Waals surface area contributed by atoms with Crippen LogP contribution in [0.5, 0.6) is 0 Å². The monoisotopic (exact) mass is 251 g/mol. The molecule has 0 fully saturated rings. The van der Waals surface area contributed by atoms with E-state index in [0.29, 0.717) is 17.4 Å². The van der Waals surface area contributed by atoms with E-state index in [4.69, 9.17) is 4.42 Å². The Labute approximate surface area is 112 Å². The van der Waals surface area contributed by atoms with Crippen LogP contribution >= 0.6 is 0 Å². The quantitative estimate of drug-likeness (QED) is 0.754. The van der Waals surface area contributed by atoms with Crippen molar-refractivity contribution in [2.24, 2.45) is 11.3 Å². The maximum absolute atomic E-state index is 5.22. The Morgan fingerprint density at radius 1 is 1.33 bits per heavy atom. The van der Waals surface area contributed by atoms with Gasteiger partial charge in [0.15, 0.2) is 0 Å². The Bertz CT molecular complexity index is 310. The fraction of sp³-hybridized carbons (Fsp3) is 0.750. The maximum Gasteiger partial charge on any atom is 0.0950 e. The zero-order valence-corrected chi connectivity index (χ0v) is 12.6. The van der Waals surface area contributed by atoms with Gasteiger partial charge in [-0.3, -0.25) is 0 Å². The van der Waals surface area contributed by atoms with Gasteiger partial charge in [0.2, 0.25) is 0 Å². The molecule has 0 aromatic carbocycles. The van der Waals surface area contributed by atoms with Crippen molar-refractivity contribution in [3.8, 4) is 0 Å². The zero-order valence-electron chi connectivity index (χ0n) is 12.6. The van der Waals surface area contributed by atoms with Gasteiger partial charge in [0.05, 0.1) is 12.5 Å². The largest absolute Gasteiger partial charge is 0.472 e. The van der Waals surface area contributed by atoms with Gasteiger partial charge in [-0.2, -0.15) is 0 Å². The second-order valence-corrected chi connectivity index (χ2v) is 6.67. The van der Waals surface area contributed by atoms with E-state index < -0.39 is 0 Å². The van der Waals surface area contributed by atoms with Crippen LogP contribution in [0.2, 0.25) is 0 Å².